The summed E-state index contributed by atoms with van der Waals surface area (Å²) in [4.78, 5) is 2.25. The molecule has 1 aliphatic rings. The van der Waals surface area contributed by atoms with E-state index in [2.05, 4.69) is 55.4 Å². The molecule has 3 rings (SSSR count). The van der Waals surface area contributed by atoms with Gasteiger partial charge in [-0.3, -0.25) is 0 Å². The molecule has 0 aliphatic carbocycles. The molecule has 98 valence electrons. The third-order valence-corrected chi connectivity index (χ3v) is 3.60. The fraction of sp³-hybridized carbons (Fsp3) is 0.294. The first-order chi connectivity index (χ1) is 9.24. The van der Waals surface area contributed by atoms with E-state index in [0.29, 0.717) is 5.92 Å². The third-order valence-electron chi connectivity index (χ3n) is 3.60. The summed E-state index contributed by atoms with van der Waals surface area (Å²) in [6.07, 6.45) is 1.03. The molecule has 2 aromatic carbocycles. The third kappa shape index (κ3) is 2.49. The van der Waals surface area contributed by atoms with Gasteiger partial charge < -0.3 is 9.64 Å². The molecule has 1 atom stereocenters. The van der Waals surface area contributed by atoms with Gasteiger partial charge in [0.25, 0.3) is 0 Å². The van der Waals surface area contributed by atoms with Crippen LogP contribution < -0.4 is 4.74 Å². The molecule has 0 bridgehead atoms. The van der Waals surface area contributed by atoms with Crippen molar-refractivity contribution in [2.24, 2.45) is 0 Å². The Bertz CT molecular complexity index is 577. The summed E-state index contributed by atoms with van der Waals surface area (Å²) < 4.78 is 6.10. The van der Waals surface area contributed by atoms with Crippen molar-refractivity contribution in [3.8, 4) is 11.5 Å². The summed E-state index contributed by atoms with van der Waals surface area (Å²) >= 11 is 0. The highest BCUT2D eigenvalue weighted by Crippen LogP contribution is 2.39. The minimum absolute atomic E-state index is 0.481. The first-order valence-electron chi connectivity index (χ1n) is 6.73. The van der Waals surface area contributed by atoms with Crippen molar-refractivity contribution in [2.45, 2.75) is 12.3 Å². The van der Waals surface area contributed by atoms with Crippen LogP contribution in [0.4, 0.5) is 0 Å². The molecule has 2 heteroatoms. The molecule has 0 radical (unpaired) electrons. The van der Waals surface area contributed by atoms with Gasteiger partial charge in [-0.1, -0.05) is 36.4 Å². The number of hydrogen-bond acceptors (Lipinski definition) is 2. The van der Waals surface area contributed by atoms with Crippen LogP contribution in [0.15, 0.2) is 48.5 Å². The number of nitrogens with zero attached hydrogens (tertiary/aromatic N) is 1. The topological polar surface area (TPSA) is 12.5 Å². The lowest BCUT2D eigenvalue weighted by molar-refractivity contribution is 0.371. The zero-order valence-corrected chi connectivity index (χ0v) is 11.5. The van der Waals surface area contributed by atoms with Crippen molar-refractivity contribution >= 4 is 0 Å². The largest absolute Gasteiger partial charge is 0.457 e. The summed E-state index contributed by atoms with van der Waals surface area (Å²) in [5, 5.41) is 0. The van der Waals surface area contributed by atoms with Gasteiger partial charge in [-0.2, -0.15) is 0 Å². The standard InChI is InChI=1S/C17H19NO/c1-18(2)12-14-11-13-7-3-5-9-16(13)19-17-10-6-4-8-15(14)17/h3-10,14H,11-12H2,1-2H3. The van der Waals surface area contributed by atoms with Gasteiger partial charge in [0.2, 0.25) is 0 Å². The fourth-order valence-corrected chi connectivity index (χ4v) is 2.78. The van der Waals surface area contributed by atoms with Gasteiger partial charge in [-0.25, -0.2) is 0 Å². The SMILES string of the molecule is CN(C)CC1Cc2ccccc2Oc2ccccc21. The lowest BCUT2D eigenvalue weighted by Crippen LogP contribution is -2.21. The molecule has 1 heterocycles. The maximum absolute atomic E-state index is 6.10. The van der Waals surface area contributed by atoms with Crippen molar-refractivity contribution in [1.82, 2.24) is 4.90 Å². The minimum atomic E-state index is 0.481. The predicted octanol–water partition coefficient (Wildman–Crippen LogP) is 3.68. The van der Waals surface area contributed by atoms with E-state index in [1.165, 1.54) is 11.1 Å². The number of hydrogen-bond donors (Lipinski definition) is 0. The summed E-state index contributed by atoms with van der Waals surface area (Å²) in [5.41, 5.74) is 2.61. The van der Waals surface area contributed by atoms with Crippen molar-refractivity contribution in [2.75, 3.05) is 20.6 Å². The minimum Gasteiger partial charge on any atom is -0.457 e. The molecule has 19 heavy (non-hydrogen) atoms. The molecule has 2 aromatic rings. The van der Waals surface area contributed by atoms with Gasteiger partial charge in [-0.05, 0) is 43.8 Å². The zero-order valence-electron chi connectivity index (χ0n) is 11.5. The molecule has 0 N–H and O–H groups in total. The molecule has 0 aromatic heterocycles. The van der Waals surface area contributed by atoms with Gasteiger partial charge in [0.05, 0.1) is 0 Å². The maximum Gasteiger partial charge on any atom is 0.130 e. The van der Waals surface area contributed by atoms with Gasteiger partial charge in [-0.15, -0.1) is 0 Å². The average molecular weight is 253 g/mol. The van der Waals surface area contributed by atoms with E-state index in [9.17, 15) is 0 Å². The summed E-state index contributed by atoms with van der Waals surface area (Å²) in [6.45, 7) is 1.04. The quantitative estimate of drug-likeness (QED) is 0.809. The molecular formula is C17H19NO. The van der Waals surface area contributed by atoms with Crippen LogP contribution in [0.2, 0.25) is 0 Å². The second-order valence-corrected chi connectivity index (χ2v) is 5.41. The van der Waals surface area contributed by atoms with E-state index >= 15 is 0 Å². The Morgan fingerprint density at radius 2 is 1.68 bits per heavy atom. The second-order valence-electron chi connectivity index (χ2n) is 5.41. The van der Waals surface area contributed by atoms with E-state index in [0.717, 1.165) is 24.5 Å². The van der Waals surface area contributed by atoms with Crippen molar-refractivity contribution in [1.29, 1.82) is 0 Å². The van der Waals surface area contributed by atoms with Gasteiger partial charge in [0, 0.05) is 12.5 Å². The fourth-order valence-electron chi connectivity index (χ4n) is 2.78. The highest BCUT2D eigenvalue weighted by Gasteiger charge is 2.23. The van der Waals surface area contributed by atoms with Crippen LogP contribution >= 0.6 is 0 Å². The molecule has 0 saturated heterocycles. The van der Waals surface area contributed by atoms with Crippen LogP contribution in [0.25, 0.3) is 0 Å². The number of para-hydroxylation sites is 2. The number of rotatable bonds is 2. The van der Waals surface area contributed by atoms with Crippen LogP contribution in [0.3, 0.4) is 0 Å². The Balaban J connectivity index is 2.06. The molecule has 1 unspecified atom stereocenters. The maximum atomic E-state index is 6.10. The van der Waals surface area contributed by atoms with E-state index in [-0.39, 0.29) is 0 Å². The Kier molecular flexibility index (Phi) is 3.26. The summed E-state index contributed by atoms with van der Waals surface area (Å²) in [7, 11) is 4.25. The van der Waals surface area contributed by atoms with E-state index < -0.39 is 0 Å². The lowest BCUT2D eigenvalue weighted by Gasteiger charge is -2.20. The van der Waals surface area contributed by atoms with Crippen LogP contribution in [0, 0.1) is 0 Å². The highest BCUT2D eigenvalue weighted by atomic mass is 16.5. The van der Waals surface area contributed by atoms with Crippen molar-refractivity contribution in [3.05, 3.63) is 59.7 Å². The normalized spacial score (nSPS) is 17.3. The van der Waals surface area contributed by atoms with Crippen LogP contribution in [0.5, 0.6) is 11.5 Å². The molecular weight excluding hydrogens is 234 g/mol. The number of likely N-dealkylation sites (N-methyl/N-ethyl adjacent to an activating group) is 1. The molecule has 0 amide bonds. The van der Waals surface area contributed by atoms with Crippen molar-refractivity contribution < 1.29 is 4.74 Å². The summed E-state index contributed by atoms with van der Waals surface area (Å²) in [6, 6.07) is 16.8. The highest BCUT2D eigenvalue weighted by molar-refractivity contribution is 5.47. The average Bonchev–Trinajstić information content (AvgIpc) is 2.55. The number of fused-ring (bicyclic) bond motifs is 2. The molecule has 0 spiro atoms. The Morgan fingerprint density at radius 1 is 1.00 bits per heavy atom. The Labute approximate surface area is 114 Å². The van der Waals surface area contributed by atoms with Crippen LogP contribution in [-0.4, -0.2) is 25.5 Å². The first kappa shape index (κ1) is 12.2. The van der Waals surface area contributed by atoms with Gasteiger partial charge in [0.15, 0.2) is 0 Å². The smallest absolute Gasteiger partial charge is 0.130 e. The van der Waals surface area contributed by atoms with Crippen LogP contribution in [0.1, 0.15) is 17.0 Å². The second kappa shape index (κ2) is 5.06. The lowest BCUT2D eigenvalue weighted by atomic mass is 9.91. The number of ether oxygens (including phenoxy) is 1. The van der Waals surface area contributed by atoms with E-state index in [4.69, 9.17) is 4.74 Å². The number of benzene rings is 2. The first-order valence-corrected chi connectivity index (χ1v) is 6.73. The zero-order chi connectivity index (χ0) is 13.2. The Hall–Kier alpha value is -1.80. The van der Waals surface area contributed by atoms with E-state index in [1.807, 2.05) is 12.1 Å². The van der Waals surface area contributed by atoms with E-state index in [1.54, 1.807) is 0 Å². The molecule has 1 aliphatic heterocycles. The summed E-state index contributed by atoms with van der Waals surface area (Å²) in [5.74, 6) is 2.48. The van der Waals surface area contributed by atoms with Gasteiger partial charge >= 0.3 is 0 Å². The van der Waals surface area contributed by atoms with Crippen molar-refractivity contribution in [3.63, 3.8) is 0 Å². The Morgan fingerprint density at radius 3 is 2.47 bits per heavy atom. The monoisotopic (exact) mass is 253 g/mol. The van der Waals surface area contributed by atoms with Crippen LogP contribution in [-0.2, 0) is 6.42 Å². The van der Waals surface area contributed by atoms with Gasteiger partial charge in [0.1, 0.15) is 11.5 Å². The molecule has 0 saturated carbocycles. The molecule has 0 fully saturated rings. The molecule has 2 nitrogen and oxygen atoms in total. The predicted molar refractivity (Wildman–Crippen MR) is 78.0 cm³/mol.